The molecule has 1 aliphatic heterocycles. The smallest absolute Gasteiger partial charge is 0.330 e. The summed E-state index contributed by atoms with van der Waals surface area (Å²) in [6.07, 6.45) is -3.38. The van der Waals surface area contributed by atoms with Crippen LogP contribution in [0.15, 0.2) is 15.8 Å². The molecule has 7 atom stereocenters. The van der Waals surface area contributed by atoms with Crippen LogP contribution in [0.2, 0.25) is 0 Å². The van der Waals surface area contributed by atoms with E-state index in [9.17, 15) is 33.4 Å². The van der Waals surface area contributed by atoms with Crippen LogP contribution in [-0.4, -0.2) is 69.3 Å². The van der Waals surface area contributed by atoms with E-state index in [1.807, 2.05) is 0 Å². The van der Waals surface area contributed by atoms with Gasteiger partial charge in [-0.1, -0.05) is 13.8 Å². The number of rotatable bonds is 10. The fourth-order valence-corrected chi connectivity index (χ4v) is 5.81. The van der Waals surface area contributed by atoms with E-state index in [2.05, 4.69) is 4.98 Å². The van der Waals surface area contributed by atoms with Gasteiger partial charge in [0.15, 0.2) is 6.23 Å². The summed E-state index contributed by atoms with van der Waals surface area (Å²) in [6, 6.07) is 0. The Bertz CT molecular complexity index is 1060. The third-order valence-corrected chi connectivity index (χ3v) is 9.06. The average molecular weight is 511 g/mol. The lowest BCUT2D eigenvalue weighted by Gasteiger charge is -2.34. The number of nitrogens with zero attached hydrogens (tertiary/aromatic N) is 1. The Kier molecular flexibility index (Phi) is 7.90. The van der Waals surface area contributed by atoms with Crippen molar-refractivity contribution in [3.63, 3.8) is 0 Å². The Morgan fingerprint density at radius 3 is 2.48 bits per heavy atom. The maximum absolute atomic E-state index is 12.6. The molecule has 2 heterocycles. The third-order valence-electron chi connectivity index (χ3n) is 5.80. The highest BCUT2D eigenvalue weighted by Crippen LogP contribution is 2.62. The second kappa shape index (κ2) is 9.85. The number of nitrogens with one attached hydrogen (secondary N) is 1. The van der Waals surface area contributed by atoms with Crippen molar-refractivity contribution in [1.29, 1.82) is 0 Å². The lowest BCUT2D eigenvalue weighted by atomic mass is 10.1. The van der Waals surface area contributed by atoms with Crippen molar-refractivity contribution in [2.24, 2.45) is 5.92 Å². The molecule has 1 aromatic heterocycles. The fraction of sp³-hybridized carbons (Fsp3) is 0.778. The van der Waals surface area contributed by atoms with Crippen molar-refractivity contribution in [3.8, 4) is 0 Å². The van der Waals surface area contributed by atoms with Crippen LogP contribution in [0, 0.1) is 12.8 Å². The van der Waals surface area contributed by atoms with Gasteiger partial charge in [-0.15, -0.1) is 0 Å². The number of aromatic amines is 1. The van der Waals surface area contributed by atoms with Crippen molar-refractivity contribution < 1.29 is 42.5 Å². The van der Waals surface area contributed by atoms with Gasteiger partial charge in [0, 0.05) is 30.4 Å². The van der Waals surface area contributed by atoms with Gasteiger partial charge >= 0.3 is 13.3 Å². The molecule has 0 aromatic carbocycles. The summed E-state index contributed by atoms with van der Waals surface area (Å²) >= 11 is 0. The molecule has 2 aliphatic rings. The van der Waals surface area contributed by atoms with Crippen LogP contribution in [0.3, 0.4) is 0 Å². The second-order valence-corrected chi connectivity index (χ2v) is 12.7. The summed E-state index contributed by atoms with van der Waals surface area (Å²) in [5.74, 6) is -0.707. The van der Waals surface area contributed by atoms with Gasteiger partial charge in [0.1, 0.15) is 19.8 Å². The highest BCUT2D eigenvalue weighted by Gasteiger charge is 2.61. The number of aromatic nitrogens is 2. The normalized spacial score (nSPS) is 31.6. The van der Waals surface area contributed by atoms with Gasteiger partial charge in [0.25, 0.3) is 5.56 Å². The summed E-state index contributed by atoms with van der Waals surface area (Å²) < 4.78 is 47.8. The summed E-state index contributed by atoms with van der Waals surface area (Å²) in [6.45, 7) is 4.49. The van der Waals surface area contributed by atoms with Gasteiger partial charge in [-0.05, 0) is 13.3 Å². The number of H-pyrrole nitrogens is 1. The molecule has 1 saturated heterocycles. The first-order chi connectivity index (χ1) is 15.3. The first kappa shape index (κ1) is 26.5. The Labute approximate surface area is 189 Å². The minimum absolute atomic E-state index is 0.00210. The maximum atomic E-state index is 12.6. The SMILES string of the molecule is COCCOC1C(OP(=O)([O-])C(C)C)C(C2CC2P(=O)(O)O)OC1n1cc(C)c(=O)[nH]c1=O. The summed E-state index contributed by atoms with van der Waals surface area (Å²) in [5, 5.41) is 0. The molecule has 3 N–H and O–H groups in total. The lowest BCUT2D eigenvalue weighted by molar-refractivity contribution is -0.209. The molecule has 188 valence electrons. The molecule has 0 spiro atoms. The second-order valence-electron chi connectivity index (χ2n) is 8.56. The number of aryl methyl sites for hydroxylation is 1. The van der Waals surface area contributed by atoms with Crippen LogP contribution in [0.4, 0.5) is 0 Å². The van der Waals surface area contributed by atoms with Crippen LogP contribution in [0.25, 0.3) is 0 Å². The van der Waals surface area contributed by atoms with Crippen LogP contribution >= 0.6 is 15.2 Å². The van der Waals surface area contributed by atoms with E-state index in [1.165, 1.54) is 34.1 Å². The van der Waals surface area contributed by atoms with Crippen LogP contribution in [0.5, 0.6) is 0 Å². The third kappa shape index (κ3) is 5.75. The topological polar surface area (TPSA) is 189 Å². The molecular formula is C18H29N2O11P2-. The standard InChI is InChI=1S/C18H30N2O11P2/c1-9(2)33(26,27)31-14-13(11-7-12(11)32(23,24)25)30-17(15(14)29-6-5-28-4)20-8-10(3)16(21)19-18(20)22/h8-9,11-15,17H,5-7H2,1-4H3,(H,26,27)(H,19,21,22)(H2,23,24,25)/p-1. The summed E-state index contributed by atoms with van der Waals surface area (Å²) in [5.41, 5.74) is -3.11. The zero-order chi connectivity index (χ0) is 24.7. The molecule has 0 amide bonds. The molecule has 1 aliphatic carbocycles. The van der Waals surface area contributed by atoms with Crippen molar-refractivity contribution >= 4 is 15.2 Å². The highest BCUT2D eigenvalue weighted by molar-refractivity contribution is 7.53. The maximum Gasteiger partial charge on any atom is 0.330 e. The van der Waals surface area contributed by atoms with E-state index in [4.69, 9.17) is 18.7 Å². The predicted molar refractivity (Wildman–Crippen MR) is 113 cm³/mol. The van der Waals surface area contributed by atoms with Gasteiger partial charge in [-0.2, -0.15) is 0 Å². The minimum Gasteiger partial charge on any atom is -0.778 e. The molecule has 13 nitrogen and oxygen atoms in total. The molecule has 33 heavy (non-hydrogen) atoms. The van der Waals surface area contributed by atoms with Crippen molar-refractivity contribution in [1.82, 2.24) is 9.55 Å². The van der Waals surface area contributed by atoms with Crippen molar-refractivity contribution in [3.05, 3.63) is 32.6 Å². The van der Waals surface area contributed by atoms with Gasteiger partial charge in [0.2, 0.25) is 0 Å². The Balaban J connectivity index is 2.04. The molecule has 3 rings (SSSR count). The van der Waals surface area contributed by atoms with Gasteiger partial charge in [-0.25, -0.2) is 4.79 Å². The molecule has 2 fully saturated rings. The van der Waals surface area contributed by atoms with Gasteiger partial charge in [-0.3, -0.25) is 18.9 Å². The van der Waals surface area contributed by atoms with Crippen molar-refractivity contribution in [2.45, 2.75) is 63.0 Å². The molecule has 1 saturated carbocycles. The fourth-order valence-electron chi connectivity index (χ4n) is 3.80. The molecule has 1 aromatic rings. The number of hydrogen-bond acceptors (Lipinski definition) is 9. The van der Waals surface area contributed by atoms with Gasteiger partial charge in [0.05, 0.1) is 25.0 Å². The molecule has 0 bridgehead atoms. The molecule has 0 radical (unpaired) electrons. The van der Waals surface area contributed by atoms with E-state index in [-0.39, 0.29) is 25.2 Å². The highest BCUT2D eigenvalue weighted by atomic mass is 31.2. The zero-order valence-corrected chi connectivity index (χ0v) is 20.4. The van der Waals surface area contributed by atoms with E-state index in [1.54, 1.807) is 0 Å². The number of ether oxygens (including phenoxy) is 3. The first-order valence-electron chi connectivity index (χ1n) is 10.4. The Morgan fingerprint density at radius 1 is 1.27 bits per heavy atom. The van der Waals surface area contributed by atoms with E-state index in [0.29, 0.717) is 0 Å². The number of methoxy groups -OCH3 is 1. The van der Waals surface area contributed by atoms with Crippen LogP contribution in [-0.2, 0) is 27.9 Å². The molecular weight excluding hydrogens is 482 g/mol. The quantitative estimate of drug-likeness (QED) is 0.276. The summed E-state index contributed by atoms with van der Waals surface area (Å²) in [4.78, 5) is 58.3. The zero-order valence-electron chi connectivity index (χ0n) is 18.7. The molecule has 7 unspecified atom stereocenters. The predicted octanol–water partition coefficient (Wildman–Crippen LogP) is -0.313. The summed E-state index contributed by atoms with van der Waals surface area (Å²) in [7, 11) is -7.44. The number of hydrogen-bond donors (Lipinski definition) is 3. The Morgan fingerprint density at radius 2 is 1.94 bits per heavy atom. The molecule has 15 heteroatoms. The largest absolute Gasteiger partial charge is 0.778 e. The first-order valence-corrected chi connectivity index (χ1v) is 13.7. The van der Waals surface area contributed by atoms with Gasteiger partial charge < -0.3 is 38.0 Å². The monoisotopic (exact) mass is 511 g/mol. The van der Waals surface area contributed by atoms with E-state index >= 15 is 0 Å². The van der Waals surface area contributed by atoms with Crippen molar-refractivity contribution in [2.75, 3.05) is 20.3 Å². The van der Waals surface area contributed by atoms with E-state index < -0.39 is 68.2 Å². The van der Waals surface area contributed by atoms with Crippen LogP contribution < -0.4 is 16.1 Å². The average Bonchev–Trinajstić information content (AvgIpc) is 3.44. The lowest BCUT2D eigenvalue weighted by Crippen LogP contribution is -2.42. The minimum atomic E-state index is -4.45. The Hall–Kier alpha value is -1.14. The van der Waals surface area contributed by atoms with Crippen LogP contribution in [0.1, 0.15) is 32.1 Å². The van der Waals surface area contributed by atoms with E-state index in [0.717, 1.165) is 4.57 Å².